The summed E-state index contributed by atoms with van der Waals surface area (Å²) < 4.78 is 18.9. The summed E-state index contributed by atoms with van der Waals surface area (Å²) in [7, 11) is 0. The van der Waals surface area contributed by atoms with E-state index >= 15 is 0 Å². The highest BCUT2D eigenvalue weighted by Gasteiger charge is 2.71. The molecule has 12 atom stereocenters. The first-order chi connectivity index (χ1) is 16.5. The summed E-state index contributed by atoms with van der Waals surface area (Å²) in [6.07, 6.45) is 9.26. The summed E-state index contributed by atoms with van der Waals surface area (Å²) in [6, 6.07) is 0. The van der Waals surface area contributed by atoms with Crippen LogP contribution in [0.5, 0.6) is 0 Å². The van der Waals surface area contributed by atoms with Crippen LogP contribution in [0.4, 0.5) is 0 Å². The maximum Gasteiger partial charge on any atom is 0.302 e. The fourth-order valence-corrected chi connectivity index (χ4v) is 11.0. The molecule has 0 radical (unpaired) electrons. The molecule has 6 aliphatic rings. The number of allylic oxidation sites excluding steroid dienone is 2. The van der Waals surface area contributed by atoms with E-state index in [1.54, 1.807) is 0 Å². The van der Waals surface area contributed by atoms with Crippen molar-refractivity contribution >= 4 is 27.7 Å². The Morgan fingerprint density at radius 1 is 1.14 bits per heavy atom. The van der Waals surface area contributed by atoms with Gasteiger partial charge in [-0.15, -0.1) is 0 Å². The van der Waals surface area contributed by atoms with Crippen LogP contribution in [0.25, 0.3) is 0 Å². The minimum absolute atomic E-state index is 0.0268. The second-order valence-electron chi connectivity index (χ2n) is 13.2. The lowest BCUT2D eigenvalue weighted by Crippen LogP contribution is -2.56. The molecule has 0 bridgehead atoms. The summed E-state index contributed by atoms with van der Waals surface area (Å²) in [6.45, 7) is 11.4. The van der Waals surface area contributed by atoms with E-state index in [4.69, 9.17) is 14.2 Å². The maximum absolute atomic E-state index is 14.1. The predicted molar refractivity (Wildman–Crippen MR) is 136 cm³/mol. The Bertz CT molecular complexity index is 963. The molecule has 2 heterocycles. The first-order valence-electron chi connectivity index (χ1n) is 13.9. The van der Waals surface area contributed by atoms with Crippen molar-refractivity contribution in [2.75, 3.05) is 6.61 Å². The van der Waals surface area contributed by atoms with Crippen molar-refractivity contribution < 1.29 is 23.8 Å². The summed E-state index contributed by atoms with van der Waals surface area (Å²) in [5.74, 6) is 1.66. The van der Waals surface area contributed by atoms with E-state index in [1.807, 2.05) is 0 Å². The summed E-state index contributed by atoms with van der Waals surface area (Å²) in [4.78, 5) is 25.8. The maximum atomic E-state index is 14.1. The smallest absolute Gasteiger partial charge is 0.302 e. The first kappa shape index (κ1) is 24.6. The lowest BCUT2D eigenvalue weighted by Gasteiger charge is -2.56. The van der Waals surface area contributed by atoms with Gasteiger partial charge < -0.3 is 14.2 Å². The number of esters is 1. The molecule has 6 rings (SSSR count). The quantitative estimate of drug-likeness (QED) is 0.304. The number of fused-ring (bicyclic) bond motifs is 7. The fraction of sp³-hybridized carbons (Fsp3) is 0.862. The molecule has 5 nitrogen and oxygen atoms in total. The minimum Gasteiger partial charge on any atom is -0.463 e. The van der Waals surface area contributed by atoms with E-state index in [0.717, 1.165) is 51.6 Å². The lowest BCUT2D eigenvalue weighted by atomic mass is 9.48. The molecule has 1 spiro atoms. The molecule has 4 aliphatic carbocycles. The minimum atomic E-state index is -0.612. The zero-order valence-electron chi connectivity index (χ0n) is 21.8. The third-order valence-corrected chi connectivity index (χ3v) is 12.5. The van der Waals surface area contributed by atoms with Crippen LogP contribution in [0.2, 0.25) is 0 Å². The molecule has 12 unspecified atom stereocenters. The molecule has 3 saturated carbocycles. The number of hydrogen-bond donors (Lipinski definition) is 0. The van der Waals surface area contributed by atoms with Gasteiger partial charge in [-0.25, -0.2) is 0 Å². The Morgan fingerprint density at radius 2 is 1.91 bits per heavy atom. The average Bonchev–Trinajstić information content (AvgIpc) is 3.24. The van der Waals surface area contributed by atoms with Crippen molar-refractivity contribution in [2.45, 2.75) is 102 Å². The standard InChI is InChI=1S/C29H41BrO5/c1-15-10-24(30)29(33-14-15)16(2)26-23(35-29)12-22-20-7-6-18-11-19(34-17(3)31)8-9-27(18,4)21(20)13-25(32)28(22,26)5/h13,15-16,18-20,22-24,26H,6-12,14H2,1-5H3. The van der Waals surface area contributed by atoms with Gasteiger partial charge in [0.25, 0.3) is 0 Å². The predicted octanol–water partition coefficient (Wildman–Crippen LogP) is 5.84. The molecule has 2 aliphatic heterocycles. The van der Waals surface area contributed by atoms with Gasteiger partial charge in [-0.1, -0.05) is 49.2 Å². The summed E-state index contributed by atoms with van der Waals surface area (Å²) in [5, 5.41) is 0. The van der Waals surface area contributed by atoms with E-state index in [-0.39, 0.29) is 45.7 Å². The molecule has 0 aromatic rings. The van der Waals surface area contributed by atoms with Gasteiger partial charge in [-0.3, -0.25) is 9.59 Å². The third kappa shape index (κ3) is 3.30. The highest BCUT2D eigenvalue weighted by Crippen LogP contribution is 2.69. The van der Waals surface area contributed by atoms with E-state index in [2.05, 4.69) is 49.7 Å². The summed E-state index contributed by atoms with van der Waals surface area (Å²) >= 11 is 3.92. The van der Waals surface area contributed by atoms with Crippen molar-refractivity contribution in [1.82, 2.24) is 0 Å². The molecule has 5 fully saturated rings. The Labute approximate surface area is 218 Å². The number of carbonyl (C=O) groups excluding carboxylic acids is 2. The number of alkyl halides is 1. The van der Waals surface area contributed by atoms with E-state index < -0.39 is 5.79 Å². The Morgan fingerprint density at radius 3 is 2.63 bits per heavy atom. The molecule has 35 heavy (non-hydrogen) atoms. The Kier molecular flexibility index (Phi) is 5.72. The van der Waals surface area contributed by atoms with E-state index in [0.29, 0.717) is 29.5 Å². The van der Waals surface area contributed by atoms with Crippen LogP contribution in [-0.2, 0) is 23.8 Å². The molecule has 6 heteroatoms. The van der Waals surface area contributed by atoms with E-state index in [1.165, 1.54) is 12.5 Å². The van der Waals surface area contributed by atoms with Gasteiger partial charge in [0.05, 0.1) is 17.5 Å². The van der Waals surface area contributed by atoms with Crippen molar-refractivity contribution in [3.05, 3.63) is 11.6 Å². The molecule has 194 valence electrons. The van der Waals surface area contributed by atoms with Crippen LogP contribution in [0, 0.1) is 46.3 Å². The van der Waals surface area contributed by atoms with Crippen molar-refractivity contribution in [1.29, 1.82) is 0 Å². The van der Waals surface area contributed by atoms with Gasteiger partial charge in [0.15, 0.2) is 11.6 Å². The van der Waals surface area contributed by atoms with Crippen molar-refractivity contribution in [3.8, 4) is 0 Å². The van der Waals surface area contributed by atoms with Crippen LogP contribution in [0.15, 0.2) is 11.6 Å². The number of hydrogen-bond acceptors (Lipinski definition) is 5. The van der Waals surface area contributed by atoms with Gasteiger partial charge in [-0.05, 0) is 80.1 Å². The molecule has 0 aromatic carbocycles. The van der Waals surface area contributed by atoms with Crippen LogP contribution in [0.3, 0.4) is 0 Å². The van der Waals surface area contributed by atoms with Crippen molar-refractivity contribution in [3.63, 3.8) is 0 Å². The fourth-order valence-electron chi connectivity index (χ4n) is 9.70. The van der Waals surface area contributed by atoms with E-state index in [9.17, 15) is 9.59 Å². The van der Waals surface area contributed by atoms with Gasteiger partial charge in [0.1, 0.15) is 6.10 Å². The van der Waals surface area contributed by atoms with Crippen molar-refractivity contribution in [2.24, 2.45) is 46.3 Å². The van der Waals surface area contributed by atoms with Gasteiger partial charge in [0.2, 0.25) is 0 Å². The molecule has 0 amide bonds. The number of ketones is 1. The molecular formula is C29H41BrO5. The normalized spacial score (nSPS) is 55.0. The average molecular weight is 550 g/mol. The van der Waals surface area contributed by atoms with Gasteiger partial charge >= 0.3 is 5.97 Å². The third-order valence-electron chi connectivity index (χ3n) is 11.5. The number of carbonyl (C=O) groups is 2. The van der Waals surface area contributed by atoms with Crippen LogP contribution in [-0.4, -0.2) is 41.2 Å². The summed E-state index contributed by atoms with van der Waals surface area (Å²) in [5.41, 5.74) is 1.04. The topological polar surface area (TPSA) is 61.8 Å². The number of rotatable bonds is 1. The highest BCUT2D eigenvalue weighted by atomic mass is 79.9. The zero-order valence-corrected chi connectivity index (χ0v) is 23.4. The van der Waals surface area contributed by atoms with Gasteiger partial charge in [-0.2, -0.15) is 0 Å². The monoisotopic (exact) mass is 548 g/mol. The molecule has 0 aromatic heterocycles. The number of ether oxygens (including phenoxy) is 3. The highest BCUT2D eigenvalue weighted by molar-refractivity contribution is 9.09. The lowest BCUT2D eigenvalue weighted by molar-refractivity contribution is -0.266. The second-order valence-corrected chi connectivity index (χ2v) is 14.3. The van der Waals surface area contributed by atoms with Crippen LogP contribution >= 0.6 is 15.9 Å². The zero-order chi connectivity index (χ0) is 24.9. The molecule has 2 saturated heterocycles. The SMILES string of the molecule is CC(=O)OC1CCC2(C)C3=CC(=O)C4(C)C(CC5OC6(OCC(C)CC6Br)C(C)C54)C3CCC2C1. The molecule has 0 N–H and O–H groups in total. The van der Waals surface area contributed by atoms with Crippen LogP contribution in [0.1, 0.15) is 79.6 Å². The number of halogens is 1. The van der Waals surface area contributed by atoms with Gasteiger partial charge in [0, 0.05) is 24.2 Å². The van der Waals surface area contributed by atoms with Crippen LogP contribution < -0.4 is 0 Å². The largest absolute Gasteiger partial charge is 0.463 e. The Balaban J connectivity index is 1.30. The first-order valence-corrected chi connectivity index (χ1v) is 14.8. The second kappa shape index (κ2) is 8.14. The Hall–Kier alpha value is -0.720. The molecular weight excluding hydrogens is 508 g/mol.